The summed E-state index contributed by atoms with van der Waals surface area (Å²) >= 11 is 0. The van der Waals surface area contributed by atoms with Gasteiger partial charge in [-0.2, -0.15) is 5.26 Å². The van der Waals surface area contributed by atoms with Crippen LogP contribution in [0.15, 0.2) is 41.4 Å². The summed E-state index contributed by atoms with van der Waals surface area (Å²) < 4.78 is 44.4. The highest BCUT2D eigenvalue weighted by Crippen LogP contribution is 2.30. The number of pyridine rings is 1. The Bertz CT molecular complexity index is 978. The third-order valence-electron chi connectivity index (χ3n) is 4.81. The predicted octanol–water partition coefficient (Wildman–Crippen LogP) is 2.64. The van der Waals surface area contributed by atoms with Crippen molar-refractivity contribution in [2.75, 3.05) is 14.2 Å². The molecule has 29 heavy (non-hydrogen) atoms. The molecule has 9 heteroatoms. The molecule has 154 valence electrons. The zero-order chi connectivity index (χ0) is 20.9. The zero-order valence-electron chi connectivity index (χ0n) is 16.3. The minimum atomic E-state index is -3.67. The monoisotopic (exact) mass is 417 g/mol. The van der Waals surface area contributed by atoms with Gasteiger partial charge < -0.3 is 14.2 Å². The number of nitrogens with one attached hydrogen (secondary N) is 1. The van der Waals surface area contributed by atoms with Crippen molar-refractivity contribution in [1.82, 2.24) is 9.71 Å². The highest BCUT2D eigenvalue weighted by molar-refractivity contribution is 7.89. The van der Waals surface area contributed by atoms with Gasteiger partial charge in [0.05, 0.1) is 24.7 Å². The van der Waals surface area contributed by atoms with Gasteiger partial charge >= 0.3 is 0 Å². The van der Waals surface area contributed by atoms with Crippen molar-refractivity contribution < 1.29 is 22.6 Å². The molecule has 1 N–H and O–H groups in total. The van der Waals surface area contributed by atoms with Gasteiger partial charge in [0.1, 0.15) is 12.2 Å². The predicted molar refractivity (Wildman–Crippen MR) is 105 cm³/mol. The molecular formula is C20H23N3O5S. The van der Waals surface area contributed by atoms with Crippen molar-refractivity contribution in [2.24, 2.45) is 0 Å². The topological polar surface area (TPSA) is 111 Å². The van der Waals surface area contributed by atoms with Crippen molar-refractivity contribution in [3.05, 3.63) is 42.1 Å². The molecule has 0 spiro atoms. The minimum Gasteiger partial charge on any atom is -0.493 e. The van der Waals surface area contributed by atoms with Crippen LogP contribution in [0.3, 0.4) is 0 Å². The lowest BCUT2D eigenvalue weighted by Gasteiger charge is -2.29. The van der Waals surface area contributed by atoms with Crippen LogP contribution in [0.25, 0.3) is 0 Å². The first-order valence-corrected chi connectivity index (χ1v) is 10.7. The number of ether oxygens (including phenoxy) is 3. The van der Waals surface area contributed by atoms with E-state index in [1.807, 2.05) is 6.07 Å². The summed E-state index contributed by atoms with van der Waals surface area (Å²) in [6.45, 7) is 0. The maximum absolute atomic E-state index is 12.7. The van der Waals surface area contributed by atoms with Crippen LogP contribution in [0, 0.1) is 11.3 Å². The van der Waals surface area contributed by atoms with Crippen molar-refractivity contribution in [1.29, 1.82) is 5.26 Å². The summed E-state index contributed by atoms with van der Waals surface area (Å²) in [6.07, 6.45) is 4.18. The van der Waals surface area contributed by atoms with Gasteiger partial charge in [0.15, 0.2) is 11.5 Å². The van der Waals surface area contributed by atoms with Crippen LogP contribution in [-0.4, -0.2) is 39.8 Å². The van der Waals surface area contributed by atoms with E-state index < -0.39 is 10.0 Å². The molecular weight excluding hydrogens is 394 g/mol. The van der Waals surface area contributed by atoms with E-state index in [0.29, 0.717) is 48.6 Å². The Morgan fingerprint density at radius 1 is 1.07 bits per heavy atom. The van der Waals surface area contributed by atoms with Gasteiger partial charge in [-0.3, -0.25) is 0 Å². The summed E-state index contributed by atoms with van der Waals surface area (Å²) in [6, 6.07) is 9.70. The van der Waals surface area contributed by atoms with Gasteiger partial charge in [-0.25, -0.2) is 18.1 Å². The number of benzene rings is 1. The molecule has 0 radical (unpaired) electrons. The first-order valence-electron chi connectivity index (χ1n) is 9.22. The van der Waals surface area contributed by atoms with E-state index >= 15 is 0 Å². The molecule has 0 saturated heterocycles. The van der Waals surface area contributed by atoms with E-state index in [-0.39, 0.29) is 17.0 Å². The second-order valence-electron chi connectivity index (χ2n) is 6.73. The average molecular weight is 417 g/mol. The van der Waals surface area contributed by atoms with Gasteiger partial charge in [-0.1, -0.05) is 0 Å². The highest BCUT2D eigenvalue weighted by atomic mass is 32.2. The molecule has 1 aromatic heterocycles. The van der Waals surface area contributed by atoms with Gasteiger partial charge in [-0.15, -0.1) is 0 Å². The Morgan fingerprint density at radius 3 is 2.38 bits per heavy atom. The molecule has 0 unspecified atom stereocenters. The molecule has 1 fully saturated rings. The number of sulfonamides is 1. The number of nitriles is 1. The lowest BCUT2D eigenvalue weighted by molar-refractivity contribution is 0.138. The van der Waals surface area contributed by atoms with Crippen LogP contribution in [0.5, 0.6) is 17.4 Å². The molecule has 2 aromatic rings. The molecule has 1 heterocycles. The van der Waals surface area contributed by atoms with Crippen LogP contribution in [-0.2, 0) is 10.0 Å². The van der Waals surface area contributed by atoms with Crippen molar-refractivity contribution in [3.8, 4) is 23.4 Å². The highest BCUT2D eigenvalue weighted by Gasteiger charge is 2.27. The first-order chi connectivity index (χ1) is 13.9. The standard InChI is InChI=1S/C20H23N3O5S/c1-26-18-9-8-17(11-19(18)27-2)29(24,25)23-15-4-6-16(7-5-15)28-20-10-3-14(12-21)13-22-20/h3,8-11,13,15-16,23H,4-7H2,1-2H3. The third kappa shape index (κ3) is 5.16. The van der Waals surface area contributed by atoms with Crippen LogP contribution < -0.4 is 18.9 Å². The molecule has 0 aliphatic heterocycles. The SMILES string of the molecule is COc1ccc(S(=O)(=O)NC2CCC(Oc3ccc(C#N)cn3)CC2)cc1OC. The average Bonchev–Trinajstić information content (AvgIpc) is 2.75. The molecule has 1 saturated carbocycles. The molecule has 1 aliphatic carbocycles. The Labute approximate surface area is 170 Å². The quantitative estimate of drug-likeness (QED) is 0.737. The Kier molecular flexibility index (Phi) is 6.56. The second-order valence-corrected chi connectivity index (χ2v) is 8.44. The van der Waals surface area contributed by atoms with E-state index in [4.69, 9.17) is 19.5 Å². The Hall–Kier alpha value is -2.83. The smallest absolute Gasteiger partial charge is 0.240 e. The van der Waals surface area contributed by atoms with Crippen molar-refractivity contribution >= 4 is 10.0 Å². The largest absolute Gasteiger partial charge is 0.493 e. The summed E-state index contributed by atoms with van der Waals surface area (Å²) in [5.41, 5.74) is 0.477. The molecule has 1 aliphatic rings. The minimum absolute atomic E-state index is 0.0303. The maximum atomic E-state index is 12.7. The molecule has 3 rings (SSSR count). The Balaban J connectivity index is 1.57. The number of aromatic nitrogens is 1. The van der Waals surface area contributed by atoms with Crippen LogP contribution in [0.4, 0.5) is 0 Å². The second kappa shape index (κ2) is 9.11. The normalized spacial score (nSPS) is 19.2. The van der Waals surface area contributed by atoms with Gasteiger partial charge in [-0.05, 0) is 43.9 Å². The van der Waals surface area contributed by atoms with Gasteiger partial charge in [0.25, 0.3) is 0 Å². The van der Waals surface area contributed by atoms with E-state index in [0.717, 1.165) is 0 Å². The molecule has 8 nitrogen and oxygen atoms in total. The fourth-order valence-corrected chi connectivity index (χ4v) is 4.58. The summed E-state index contributed by atoms with van der Waals surface area (Å²) in [5.74, 6) is 1.31. The van der Waals surface area contributed by atoms with Crippen LogP contribution in [0.1, 0.15) is 31.2 Å². The number of methoxy groups -OCH3 is 2. The Morgan fingerprint density at radius 2 is 1.79 bits per heavy atom. The van der Waals surface area contributed by atoms with E-state index in [9.17, 15) is 8.42 Å². The molecule has 0 amide bonds. The van der Waals surface area contributed by atoms with E-state index in [1.54, 1.807) is 18.2 Å². The first kappa shape index (κ1) is 20.9. The fraction of sp³-hybridized carbons (Fsp3) is 0.400. The van der Waals surface area contributed by atoms with Gasteiger partial charge in [0, 0.05) is 24.4 Å². The third-order valence-corrected chi connectivity index (χ3v) is 6.33. The number of rotatable bonds is 7. The van der Waals surface area contributed by atoms with Gasteiger partial charge in [0.2, 0.25) is 15.9 Å². The zero-order valence-corrected chi connectivity index (χ0v) is 17.1. The molecule has 0 atom stereocenters. The summed E-state index contributed by atoms with van der Waals surface area (Å²) in [7, 11) is -0.709. The van der Waals surface area contributed by atoms with Crippen LogP contribution in [0.2, 0.25) is 0 Å². The van der Waals surface area contributed by atoms with Crippen molar-refractivity contribution in [3.63, 3.8) is 0 Å². The summed E-state index contributed by atoms with van der Waals surface area (Å²) in [5, 5.41) is 8.81. The van der Waals surface area contributed by atoms with Crippen molar-refractivity contribution in [2.45, 2.75) is 42.7 Å². The van der Waals surface area contributed by atoms with E-state index in [1.165, 1.54) is 32.5 Å². The lowest BCUT2D eigenvalue weighted by atomic mass is 9.94. The number of hydrogen-bond donors (Lipinski definition) is 1. The molecule has 0 bridgehead atoms. The van der Waals surface area contributed by atoms with E-state index in [2.05, 4.69) is 9.71 Å². The summed E-state index contributed by atoms with van der Waals surface area (Å²) in [4.78, 5) is 4.25. The molecule has 1 aromatic carbocycles. The maximum Gasteiger partial charge on any atom is 0.240 e. The number of hydrogen-bond acceptors (Lipinski definition) is 7. The fourth-order valence-electron chi connectivity index (χ4n) is 3.26. The lowest BCUT2D eigenvalue weighted by Crippen LogP contribution is -2.39. The van der Waals surface area contributed by atoms with Crippen LogP contribution >= 0.6 is 0 Å². The number of nitrogens with zero attached hydrogens (tertiary/aromatic N) is 2.